The van der Waals surface area contributed by atoms with Gasteiger partial charge in [0.15, 0.2) is 0 Å². The summed E-state index contributed by atoms with van der Waals surface area (Å²) in [4.78, 5) is 15.2. The number of hydrogen-bond donors (Lipinski definition) is 1. The molecule has 1 N–H and O–H groups in total. The highest BCUT2D eigenvalue weighted by molar-refractivity contribution is 5.95. The molecule has 2 aromatic heterocycles. The third-order valence-corrected chi connectivity index (χ3v) is 4.25. The molecule has 4 rings (SSSR count). The van der Waals surface area contributed by atoms with Crippen LogP contribution in [0.3, 0.4) is 0 Å². The van der Waals surface area contributed by atoms with E-state index < -0.39 is 0 Å². The van der Waals surface area contributed by atoms with Crippen molar-refractivity contribution in [2.75, 3.05) is 7.11 Å². The second kappa shape index (κ2) is 5.94. The standard InChI is InChI=1S/C20H17N3O2/c1-13-19-17(14-8-10-16(25-2)11-9-14)12-18(24)21-20(19)23(22-13)15-6-4-3-5-7-15/h3-12H,1-2H3,(H,21,24). The van der Waals surface area contributed by atoms with E-state index in [1.54, 1.807) is 17.9 Å². The number of para-hydroxylation sites is 1. The lowest BCUT2D eigenvalue weighted by Crippen LogP contribution is -2.07. The Bertz CT molecular complexity index is 1090. The Hall–Kier alpha value is -3.34. The molecule has 0 saturated heterocycles. The molecule has 0 aliphatic rings. The molecule has 124 valence electrons. The molecule has 0 bridgehead atoms. The third kappa shape index (κ3) is 2.59. The monoisotopic (exact) mass is 331 g/mol. The lowest BCUT2D eigenvalue weighted by atomic mass is 10.0. The lowest BCUT2D eigenvalue weighted by Gasteiger charge is -2.07. The molecule has 0 unspecified atom stereocenters. The van der Waals surface area contributed by atoms with Crippen LogP contribution in [0.1, 0.15) is 5.69 Å². The van der Waals surface area contributed by atoms with E-state index in [9.17, 15) is 4.79 Å². The average Bonchev–Trinajstić information content (AvgIpc) is 2.98. The van der Waals surface area contributed by atoms with Crippen LogP contribution in [0.15, 0.2) is 65.5 Å². The van der Waals surface area contributed by atoms with Gasteiger partial charge in [0.2, 0.25) is 5.56 Å². The largest absolute Gasteiger partial charge is 0.497 e. The van der Waals surface area contributed by atoms with Gasteiger partial charge in [-0.2, -0.15) is 5.10 Å². The van der Waals surface area contributed by atoms with Gasteiger partial charge >= 0.3 is 0 Å². The molecule has 0 saturated carbocycles. The van der Waals surface area contributed by atoms with Gasteiger partial charge in [-0.1, -0.05) is 30.3 Å². The van der Waals surface area contributed by atoms with Crippen LogP contribution in [-0.2, 0) is 0 Å². The van der Waals surface area contributed by atoms with E-state index >= 15 is 0 Å². The maximum Gasteiger partial charge on any atom is 0.250 e. The number of H-pyrrole nitrogens is 1. The van der Waals surface area contributed by atoms with Crippen molar-refractivity contribution >= 4 is 11.0 Å². The van der Waals surface area contributed by atoms with Crippen molar-refractivity contribution in [2.45, 2.75) is 6.92 Å². The van der Waals surface area contributed by atoms with Crippen molar-refractivity contribution in [3.63, 3.8) is 0 Å². The van der Waals surface area contributed by atoms with Crippen molar-refractivity contribution in [3.05, 3.63) is 76.7 Å². The average molecular weight is 331 g/mol. The number of nitrogens with zero attached hydrogens (tertiary/aromatic N) is 2. The highest BCUT2D eigenvalue weighted by Crippen LogP contribution is 2.30. The molecular formula is C20H17N3O2. The van der Waals surface area contributed by atoms with Gasteiger partial charge in [0.1, 0.15) is 11.4 Å². The zero-order chi connectivity index (χ0) is 17.4. The summed E-state index contributed by atoms with van der Waals surface area (Å²) in [6.07, 6.45) is 0. The molecule has 0 spiro atoms. The normalized spacial score (nSPS) is 11.0. The second-order valence-corrected chi connectivity index (χ2v) is 5.83. The number of fused-ring (bicyclic) bond motifs is 1. The Balaban J connectivity index is 2.00. The molecule has 2 aromatic carbocycles. The highest BCUT2D eigenvalue weighted by Gasteiger charge is 2.15. The molecule has 0 amide bonds. The maximum absolute atomic E-state index is 12.3. The van der Waals surface area contributed by atoms with E-state index in [-0.39, 0.29) is 5.56 Å². The molecule has 2 heterocycles. The number of hydrogen-bond acceptors (Lipinski definition) is 3. The number of nitrogens with one attached hydrogen (secondary N) is 1. The van der Waals surface area contributed by atoms with Gasteiger partial charge in [0.05, 0.1) is 18.5 Å². The Morgan fingerprint density at radius 2 is 1.76 bits per heavy atom. The van der Waals surface area contributed by atoms with E-state index in [4.69, 9.17) is 4.74 Å². The first-order valence-electron chi connectivity index (χ1n) is 8.00. The van der Waals surface area contributed by atoms with Crippen LogP contribution < -0.4 is 10.3 Å². The van der Waals surface area contributed by atoms with E-state index in [0.717, 1.165) is 33.6 Å². The van der Waals surface area contributed by atoms with E-state index in [0.29, 0.717) is 5.65 Å². The number of methoxy groups -OCH3 is 1. The molecular weight excluding hydrogens is 314 g/mol. The minimum absolute atomic E-state index is 0.157. The summed E-state index contributed by atoms with van der Waals surface area (Å²) >= 11 is 0. The highest BCUT2D eigenvalue weighted by atomic mass is 16.5. The van der Waals surface area contributed by atoms with E-state index in [1.807, 2.05) is 61.5 Å². The molecule has 25 heavy (non-hydrogen) atoms. The Morgan fingerprint density at radius 1 is 1.04 bits per heavy atom. The minimum Gasteiger partial charge on any atom is -0.497 e. The Kier molecular flexibility index (Phi) is 3.61. The van der Waals surface area contributed by atoms with E-state index in [1.165, 1.54) is 0 Å². The first kappa shape index (κ1) is 15.2. The van der Waals surface area contributed by atoms with Crippen LogP contribution in [0.4, 0.5) is 0 Å². The fourth-order valence-corrected chi connectivity index (χ4v) is 3.08. The van der Waals surface area contributed by atoms with Gasteiger partial charge in [0.25, 0.3) is 0 Å². The number of pyridine rings is 1. The lowest BCUT2D eigenvalue weighted by molar-refractivity contribution is 0.415. The molecule has 5 nitrogen and oxygen atoms in total. The molecule has 0 atom stereocenters. The zero-order valence-corrected chi connectivity index (χ0v) is 14.0. The number of aromatic amines is 1. The molecule has 4 aromatic rings. The quantitative estimate of drug-likeness (QED) is 0.623. The predicted molar refractivity (Wildman–Crippen MR) is 98.4 cm³/mol. The summed E-state index contributed by atoms with van der Waals surface area (Å²) in [5, 5.41) is 5.58. The molecule has 0 fully saturated rings. The first-order valence-corrected chi connectivity index (χ1v) is 8.00. The molecule has 0 radical (unpaired) electrons. The van der Waals surface area contributed by atoms with Crippen LogP contribution in [-0.4, -0.2) is 21.9 Å². The van der Waals surface area contributed by atoms with Crippen molar-refractivity contribution in [1.29, 1.82) is 0 Å². The van der Waals surface area contributed by atoms with Gasteiger partial charge in [0, 0.05) is 11.5 Å². The zero-order valence-electron chi connectivity index (χ0n) is 14.0. The summed E-state index contributed by atoms with van der Waals surface area (Å²) in [5.74, 6) is 0.779. The first-order chi connectivity index (χ1) is 12.2. The van der Waals surface area contributed by atoms with Crippen LogP contribution in [0.2, 0.25) is 0 Å². The Labute approximate surface area is 144 Å². The van der Waals surface area contributed by atoms with Gasteiger partial charge < -0.3 is 9.72 Å². The van der Waals surface area contributed by atoms with Crippen molar-refractivity contribution in [2.24, 2.45) is 0 Å². The van der Waals surface area contributed by atoms with Crippen molar-refractivity contribution in [1.82, 2.24) is 14.8 Å². The fourth-order valence-electron chi connectivity index (χ4n) is 3.08. The SMILES string of the molecule is COc1ccc(-c2cc(=O)[nH]c3c2c(C)nn3-c2ccccc2)cc1. The van der Waals surface area contributed by atoms with Gasteiger partial charge in [-0.25, -0.2) is 4.68 Å². The van der Waals surface area contributed by atoms with Crippen LogP contribution in [0.25, 0.3) is 27.8 Å². The van der Waals surface area contributed by atoms with Gasteiger partial charge in [-0.15, -0.1) is 0 Å². The van der Waals surface area contributed by atoms with Crippen LogP contribution in [0.5, 0.6) is 5.75 Å². The fraction of sp³-hybridized carbons (Fsp3) is 0.100. The smallest absolute Gasteiger partial charge is 0.250 e. The van der Waals surface area contributed by atoms with Gasteiger partial charge in [-0.05, 0) is 42.3 Å². The number of aromatic nitrogens is 3. The summed E-state index contributed by atoms with van der Waals surface area (Å²) in [6.45, 7) is 1.95. The summed E-state index contributed by atoms with van der Waals surface area (Å²) in [5.41, 5.74) is 4.12. The van der Waals surface area contributed by atoms with Crippen molar-refractivity contribution < 1.29 is 4.74 Å². The summed E-state index contributed by atoms with van der Waals surface area (Å²) in [6, 6.07) is 19.1. The molecule has 0 aliphatic carbocycles. The molecule has 5 heteroatoms. The third-order valence-electron chi connectivity index (χ3n) is 4.25. The topological polar surface area (TPSA) is 59.9 Å². The summed E-state index contributed by atoms with van der Waals surface area (Å²) in [7, 11) is 1.63. The number of rotatable bonds is 3. The Morgan fingerprint density at radius 3 is 2.44 bits per heavy atom. The van der Waals surface area contributed by atoms with Crippen LogP contribution >= 0.6 is 0 Å². The van der Waals surface area contributed by atoms with E-state index in [2.05, 4.69) is 10.1 Å². The minimum atomic E-state index is -0.157. The maximum atomic E-state index is 12.3. The second-order valence-electron chi connectivity index (χ2n) is 5.83. The number of benzene rings is 2. The van der Waals surface area contributed by atoms with Crippen LogP contribution in [0, 0.1) is 6.92 Å². The summed E-state index contributed by atoms with van der Waals surface area (Å²) < 4.78 is 6.99. The number of ether oxygens (including phenoxy) is 1. The van der Waals surface area contributed by atoms with Gasteiger partial charge in [-0.3, -0.25) is 4.79 Å². The molecule has 0 aliphatic heterocycles. The predicted octanol–water partition coefficient (Wildman–Crippen LogP) is 3.70. The van der Waals surface area contributed by atoms with Crippen molar-refractivity contribution in [3.8, 4) is 22.6 Å². The number of aryl methyl sites for hydroxylation is 1.